The molecule has 0 bridgehead atoms. The minimum absolute atomic E-state index is 0.130. The van der Waals surface area contributed by atoms with Crippen LogP contribution in [0.25, 0.3) is 11.3 Å². The fourth-order valence-corrected chi connectivity index (χ4v) is 2.49. The zero-order chi connectivity index (χ0) is 17.6. The Hall–Kier alpha value is -3.28. The molecule has 2 aromatic carbocycles. The van der Waals surface area contributed by atoms with Crippen LogP contribution in [-0.2, 0) is 16.1 Å². The SMILES string of the molecule is CCOC(=O)C(=O)c1c(-c2ccccc2)nnn1Cc1ccccc1. The van der Waals surface area contributed by atoms with Gasteiger partial charge in [-0.15, -0.1) is 5.10 Å². The fourth-order valence-electron chi connectivity index (χ4n) is 2.49. The maximum atomic E-state index is 12.6. The van der Waals surface area contributed by atoms with Gasteiger partial charge in [-0.1, -0.05) is 65.9 Å². The van der Waals surface area contributed by atoms with Gasteiger partial charge in [-0.2, -0.15) is 0 Å². The molecule has 0 radical (unpaired) electrons. The number of rotatable bonds is 6. The molecule has 0 saturated heterocycles. The maximum absolute atomic E-state index is 12.6. The zero-order valence-corrected chi connectivity index (χ0v) is 13.8. The van der Waals surface area contributed by atoms with Gasteiger partial charge in [0.1, 0.15) is 11.4 Å². The first kappa shape index (κ1) is 16.6. The molecule has 1 aromatic heterocycles. The largest absolute Gasteiger partial charge is 0.460 e. The number of hydrogen-bond acceptors (Lipinski definition) is 5. The molecule has 0 saturated carbocycles. The van der Waals surface area contributed by atoms with Gasteiger partial charge in [-0.3, -0.25) is 4.79 Å². The second kappa shape index (κ2) is 7.53. The molecule has 3 aromatic rings. The standard InChI is InChI=1S/C19H17N3O3/c1-2-25-19(24)18(23)17-16(15-11-7-4-8-12-15)20-21-22(17)13-14-9-5-3-6-10-14/h3-12H,2,13H2,1H3. The molecule has 6 nitrogen and oxygen atoms in total. The van der Waals surface area contributed by atoms with E-state index in [4.69, 9.17) is 4.74 Å². The van der Waals surface area contributed by atoms with Gasteiger partial charge in [0.05, 0.1) is 13.2 Å². The first-order valence-corrected chi connectivity index (χ1v) is 7.95. The molecule has 6 heteroatoms. The molecular weight excluding hydrogens is 318 g/mol. The fraction of sp³-hybridized carbons (Fsp3) is 0.158. The Morgan fingerprint density at radius 1 is 1.00 bits per heavy atom. The number of nitrogens with zero attached hydrogens (tertiary/aromatic N) is 3. The Morgan fingerprint density at radius 3 is 2.28 bits per heavy atom. The van der Waals surface area contributed by atoms with Gasteiger partial charge in [0, 0.05) is 5.56 Å². The minimum Gasteiger partial charge on any atom is -0.460 e. The van der Waals surface area contributed by atoms with Crippen LogP contribution >= 0.6 is 0 Å². The van der Waals surface area contributed by atoms with Crippen molar-refractivity contribution in [3.05, 3.63) is 71.9 Å². The molecule has 25 heavy (non-hydrogen) atoms. The monoisotopic (exact) mass is 335 g/mol. The van der Waals surface area contributed by atoms with Crippen LogP contribution in [0.2, 0.25) is 0 Å². The lowest BCUT2D eigenvalue weighted by molar-refractivity contribution is -0.137. The first-order chi connectivity index (χ1) is 12.2. The first-order valence-electron chi connectivity index (χ1n) is 7.95. The van der Waals surface area contributed by atoms with E-state index in [1.54, 1.807) is 6.92 Å². The summed E-state index contributed by atoms with van der Waals surface area (Å²) in [6.45, 7) is 2.12. The summed E-state index contributed by atoms with van der Waals surface area (Å²) in [6.07, 6.45) is 0. The van der Waals surface area contributed by atoms with Crippen molar-refractivity contribution in [2.24, 2.45) is 0 Å². The van der Waals surface area contributed by atoms with Crippen LogP contribution in [0.3, 0.4) is 0 Å². The molecule has 0 unspecified atom stereocenters. The topological polar surface area (TPSA) is 74.1 Å². The number of ketones is 1. The van der Waals surface area contributed by atoms with Crippen molar-refractivity contribution in [1.82, 2.24) is 15.0 Å². The molecule has 126 valence electrons. The van der Waals surface area contributed by atoms with Crippen LogP contribution in [-0.4, -0.2) is 33.4 Å². The Labute approximate surface area is 145 Å². The Balaban J connectivity index is 2.05. The quantitative estimate of drug-likeness (QED) is 0.393. The number of ether oxygens (including phenoxy) is 1. The smallest absolute Gasteiger partial charge is 0.381 e. The lowest BCUT2D eigenvalue weighted by Crippen LogP contribution is -2.22. The second-order valence-electron chi connectivity index (χ2n) is 5.35. The van der Waals surface area contributed by atoms with Gasteiger partial charge >= 0.3 is 5.97 Å². The van der Waals surface area contributed by atoms with Gasteiger partial charge in [0.2, 0.25) is 0 Å². The van der Waals surface area contributed by atoms with Crippen LogP contribution in [0, 0.1) is 0 Å². The van der Waals surface area contributed by atoms with Gasteiger partial charge in [0.25, 0.3) is 5.78 Å². The normalized spacial score (nSPS) is 10.4. The highest BCUT2D eigenvalue weighted by Gasteiger charge is 2.28. The predicted molar refractivity (Wildman–Crippen MR) is 92.0 cm³/mol. The number of carbonyl (C=O) groups is 2. The van der Waals surface area contributed by atoms with Gasteiger partial charge in [-0.05, 0) is 12.5 Å². The van der Waals surface area contributed by atoms with E-state index in [0.29, 0.717) is 12.2 Å². The summed E-state index contributed by atoms with van der Waals surface area (Å²) in [7, 11) is 0. The van der Waals surface area contributed by atoms with Crippen molar-refractivity contribution >= 4 is 11.8 Å². The van der Waals surface area contributed by atoms with E-state index < -0.39 is 11.8 Å². The summed E-state index contributed by atoms with van der Waals surface area (Å²) in [5.74, 6) is -1.65. The van der Waals surface area contributed by atoms with Crippen molar-refractivity contribution in [3.63, 3.8) is 0 Å². The number of hydrogen-bond donors (Lipinski definition) is 0. The third kappa shape index (κ3) is 3.63. The Morgan fingerprint density at radius 2 is 1.64 bits per heavy atom. The molecule has 0 amide bonds. The highest BCUT2D eigenvalue weighted by Crippen LogP contribution is 2.22. The Kier molecular flexibility index (Phi) is 4.99. The van der Waals surface area contributed by atoms with Crippen molar-refractivity contribution in [3.8, 4) is 11.3 Å². The number of benzene rings is 2. The average Bonchev–Trinajstić information content (AvgIpc) is 3.06. The van der Waals surface area contributed by atoms with Crippen molar-refractivity contribution in [1.29, 1.82) is 0 Å². The number of carbonyl (C=O) groups excluding carboxylic acids is 2. The van der Waals surface area contributed by atoms with E-state index in [9.17, 15) is 9.59 Å². The van der Waals surface area contributed by atoms with Crippen LogP contribution in [0.5, 0.6) is 0 Å². The van der Waals surface area contributed by atoms with E-state index >= 15 is 0 Å². The molecule has 0 fully saturated rings. The van der Waals surface area contributed by atoms with Crippen LogP contribution < -0.4 is 0 Å². The van der Waals surface area contributed by atoms with E-state index in [1.165, 1.54) is 4.68 Å². The molecule has 1 heterocycles. The molecule has 0 aliphatic carbocycles. The van der Waals surface area contributed by atoms with Gasteiger partial charge < -0.3 is 4.74 Å². The molecule has 0 aliphatic rings. The third-order valence-electron chi connectivity index (χ3n) is 3.63. The molecule has 0 N–H and O–H groups in total. The summed E-state index contributed by atoms with van der Waals surface area (Å²) >= 11 is 0. The van der Waals surface area contributed by atoms with Gasteiger partial charge in [-0.25, -0.2) is 9.48 Å². The van der Waals surface area contributed by atoms with Crippen LogP contribution in [0.1, 0.15) is 23.0 Å². The maximum Gasteiger partial charge on any atom is 0.381 e. The van der Waals surface area contributed by atoms with Crippen molar-refractivity contribution in [2.75, 3.05) is 6.61 Å². The van der Waals surface area contributed by atoms with Crippen molar-refractivity contribution in [2.45, 2.75) is 13.5 Å². The molecule has 0 aliphatic heterocycles. The predicted octanol–water partition coefficient (Wildman–Crippen LogP) is 2.74. The summed E-state index contributed by atoms with van der Waals surface area (Å²) in [6, 6.07) is 18.7. The number of aromatic nitrogens is 3. The number of Topliss-reactive ketones (excluding diaryl/α,β-unsaturated/α-hetero) is 1. The van der Waals surface area contributed by atoms with E-state index in [0.717, 1.165) is 11.1 Å². The lowest BCUT2D eigenvalue weighted by atomic mass is 10.1. The number of esters is 1. The second-order valence-corrected chi connectivity index (χ2v) is 5.35. The zero-order valence-electron chi connectivity index (χ0n) is 13.8. The highest BCUT2D eigenvalue weighted by atomic mass is 16.5. The van der Waals surface area contributed by atoms with Crippen LogP contribution in [0.15, 0.2) is 60.7 Å². The third-order valence-corrected chi connectivity index (χ3v) is 3.63. The average molecular weight is 335 g/mol. The van der Waals surface area contributed by atoms with Crippen LogP contribution in [0.4, 0.5) is 0 Å². The van der Waals surface area contributed by atoms with Crippen molar-refractivity contribution < 1.29 is 14.3 Å². The summed E-state index contributed by atoms with van der Waals surface area (Å²) < 4.78 is 6.31. The summed E-state index contributed by atoms with van der Waals surface area (Å²) in [5, 5.41) is 8.22. The van der Waals surface area contributed by atoms with Gasteiger partial charge in [0.15, 0.2) is 0 Å². The molecule has 0 atom stereocenters. The molecule has 3 rings (SSSR count). The Bertz CT molecular complexity index is 873. The summed E-state index contributed by atoms with van der Waals surface area (Å²) in [5.41, 5.74) is 2.17. The van der Waals surface area contributed by atoms with E-state index in [2.05, 4.69) is 10.3 Å². The minimum atomic E-state index is -0.906. The highest BCUT2D eigenvalue weighted by molar-refractivity contribution is 6.41. The lowest BCUT2D eigenvalue weighted by Gasteiger charge is -2.07. The molecule has 0 spiro atoms. The molecular formula is C19H17N3O3. The van der Waals surface area contributed by atoms with E-state index in [1.807, 2.05) is 60.7 Å². The van der Waals surface area contributed by atoms with E-state index in [-0.39, 0.29) is 12.3 Å². The summed E-state index contributed by atoms with van der Waals surface area (Å²) in [4.78, 5) is 24.6.